The summed E-state index contributed by atoms with van der Waals surface area (Å²) in [6.07, 6.45) is 0.995. The Labute approximate surface area is 170 Å². The van der Waals surface area contributed by atoms with Crippen LogP contribution in [-0.2, 0) is 19.1 Å². The van der Waals surface area contributed by atoms with Crippen LogP contribution in [-0.4, -0.2) is 58.3 Å². The third-order valence-corrected chi connectivity index (χ3v) is 9.20. The number of carbonyl (C=O) groups is 2. The number of aliphatic hydroxyl groups is 3. The van der Waals surface area contributed by atoms with Crippen LogP contribution in [0.1, 0.15) is 46.0 Å². The molecule has 4 saturated carbocycles. The van der Waals surface area contributed by atoms with Crippen molar-refractivity contribution < 1.29 is 34.4 Å². The summed E-state index contributed by atoms with van der Waals surface area (Å²) in [6.45, 7) is 7.63. The Morgan fingerprint density at radius 3 is 2.76 bits per heavy atom. The minimum Gasteiger partial charge on any atom is -0.465 e. The van der Waals surface area contributed by atoms with Gasteiger partial charge in [0, 0.05) is 29.6 Å². The number of aliphatic hydroxyl groups excluding tert-OH is 2. The fraction of sp³-hybridized carbons (Fsp3) is 0.818. The first-order valence-electron chi connectivity index (χ1n) is 10.6. The van der Waals surface area contributed by atoms with E-state index < -0.39 is 46.1 Å². The number of ether oxygens (including phenoxy) is 2. The minimum absolute atomic E-state index is 0.146. The van der Waals surface area contributed by atoms with E-state index in [1.165, 1.54) is 6.92 Å². The lowest BCUT2D eigenvalue weighted by Crippen LogP contribution is -2.82. The molecule has 29 heavy (non-hydrogen) atoms. The van der Waals surface area contributed by atoms with Gasteiger partial charge in [-0.3, -0.25) is 9.59 Å². The van der Waals surface area contributed by atoms with E-state index >= 15 is 0 Å². The van der Waals surface area contributed by atoms with Gasteiger partial charge in [-0.05, 0) is 37.2 Å². The molecule has 3 N–H and O–H groups in total. The van der Waals surface area contributed by atoms with Crippen molar-refractivity contribution in [2.24, 2.45) is 34.0 Å². The summed E-state index contributed by atoms with van der Waals surface area (Å²) in [7, 11) is 0. The van der Waals surface area contributed by atoms with Gasteiger partial charge in [0.15, 0.2) is 5.78 Å². The zero-order valence-corrected chi connectivity index (χ0v) is 17.0. The standard InChI is InChI=1S/C22H30O7/c1-11-13-8-21(17(11)25)15(7-14(13)24)20-6-4-5-19(3,9-28-12(2)23)16(20)18(26)22(21,27)29-10-20/h13-16,18,24,26-27H,1,4-10H2,2-3H3. The Kier molecular flexibility index (Phi) is 3.86. The number of carbonyl (C=O) groups excluding carboxylic acids is 2. The molecule has 4 bridgehead atoms. The predicted molar refractivity (Wildman–Crippen MR) is 100 cm³/mol. The number of hydrogen-bond acceptors (Lipinski definition) is 7. The van der Waals surface area contributed by atoms with Crippen LogP contribution in [0.4, 0.5) is 0 Å². The fourth-order valence-electron chi connectivity index (χ4n) is 8.13. The molecular formula is C22H30O7. The summed E-state index contributed by atoms with van der Waals surface area (Å²) < 4.78 is 11.3. The van der Waals surface area contributed by atoms with E-state index in [4.69, 9.17) is 9.47 Å². The molecule has 0 amide bonds. The van der Waals surface area contributed by atoms with Gasteiger partial charge >= 0.3 is 5.97 Å². The number of ketones is 1. The highest BCUT2D eigenvalue weighted by Gasteiger charge is 2.84. The topological polar surface area (TPSA) is 113 Å². The summed E-state index contributed by atoms with van der Waals surface area (Å²) in [5, 5.41) is 34.1. The lowest BCUT2D eigenvalue weighted by atomic mass is 9.36. The number of rotatable bonds is 2. The zero-order chi connectivity index (χ0) is 21.0. The van der Waals surface area contributed by atoms with Crippen LogP contribution in [0.2, 0.25) is 0 Å². The third kappa shape index (κ3) is 2.03. The number of Topliss-reactive ketones (excluding diaryl/α,β-unsaturated/α-hetero) is 1. The minimum atomic E-state index is -2.02. The normalized spacial score (nSPS) is 55.4. The Balaban J connectivity index is 1.67. The van der Waals surface area contributed by atoms with E-state index in [0.29, 0.717) is 12.0 Å². The van der Waals surface area contributed by atoms with E-state index in [1.54, 1.807) is 0 Å². The maximum Gasteiger partial charge on any atom is 0.302 e. The second-order valence-electron chi connectivity index (χ2n) is 10.4. The lowest BCUT2D eigenvalue weighted by molar-refractivity contribution is -0.441. The second-order valence-corrected chi connectivity index (χ2v) is 10.4. The van der Waals surface area contributed by atoms with Crippen molar-refractivity contribution in [3.05, 3.63) is 12.2 Å². The zero-order valence-electron chi connectivity index (χ0n) is 17.0. The molecule has 6 rings (SSSR count). The Morgan fingerprint density at radius 1 is 1.34 bits per heavy atom. The van der Waals surface area contributed by atoms with Gasteiger partial charge in [0.1, 0.15) is 6.10 Å². The van der Waals surface area contributed by atoms with E-state index in [-0.39, 0.29) is 37.3 Å². The van der Waals surface area contributed by atoms with Crippen LogP contribution in [0, 0.1) is 34.0 Å². The summed E-state index contributed by atoms with van der Waals surface area (Å²) in [5.74, 6) is -3.78. The molecule has 9 atom stereocenters. The maximum atomic E-state index is 13.4. The third-order valence-electron chi connectivity index (χ3n) is 9.20. The van der Waals surface area contributed by atoms with Crippen LogP contribution in [0.15, 0.2) is 12.2 Å². The molecule has 6 fully saturated rings. The molecule has 0 aromatic carbocycles. The van der Waals surface area contributed by atoms with Gasteiger partial charge < -0.3 is 24.8 Å². The molecule has 160 valence electrons. The Hall–Kier alpha value is -1.28. The monoisotopic (exact) mass is 406 g/mol. The SMILES string of the molecule is C=C1C(=O)C23CC1C(O)CC2C12CCCC(C)(COC(C)=O)C1C(O)C3(O)OC2. The molecule has 2 saturated heterocycles. The van der Waals surface area contributed by atoms with Crippen molar-refractivity contribution >= 4 is 11.8 Å². The molecule has 7 nitrogen and oxygen atoms in total. The second kappa shape index (κ2) is 5.69. The van der Waals surface area contributed by atoms with Crippen molar-refractivity contribution in [1.29, 1.82) is 0 Å². The van der Waals surface area contributed by atoms with Gasteiger partial charge in [0.25, 0.3) is 0 Å². The van der Waals surface area contributed by atoms with Crippen LogP contribution < -0.4 is 0 Å². The van der Waals surface area contributed by atoms with Crippen LogP contribution in [0.25, 0.3) is 0 Å². The van der Waals surface area contributed by atoms with E-state index in [1.807, 2.05) is 6.92 Å². The highest BCUT2D eigenvalue weighted by atomic mass is 16.6. The molecule has 6 aliphatic rings. The summed E-state index contributed by atoms with van der Waals surface area (Å²) in [6, 6.07) is 0. The molecule has 7 heteroatoms. The molecule has 2 spiro atoms. The van der Waals surface area contributed by atoms with Crippen molar-refractivity contribution in [3.63, 3.8) is 0 Å². The van der Waals surface area contributed by atoms with E-state index in [0.717, 1.165) is 19.3 Å². The van der Waals surface area contributed by atoms with E-state index in [9.17, 15) is 24.9 Å². The summed E-state index contributed by atoms with van der Waals surface area (Å²) in [5.41, 5.74) is -2.04. The molecule has 0 radical (unpaired) electrons. The van der Waals surface area contributed by atoms with Gasteiger partial charge in [-0.15, -0.1) is 0 Å². The first kappa shape index (κ1) is 19.7. The molecule has 4 aliphatic carbocycles. The lowest BCUT2D eigenvalue weighted by Gasteiger charge is -2.73. The summed E-state index contributed by atoms with van der Waals surface area (Å²) in [4.78, 5) is 24.9. The van der Waals surface area contributed by atoms with Gasteiger partial charge in [-0.1, -0.05) is 19.9 Å². The van der Waals surface area contributed by atoms with Crippen LogP contribution in [0.3, 0.4) is 0 Å². The molecule has 9 unspecified atom stereocenters. The molecule has 2 heterocycles. The van der Waals surface area contributed by atoms with Crippen molar-refractivity contribution in [1.82, 2.24) is 0 Å². The largest absolute Gasteiger partial charge is 0.465 e. The smallest absolute Gasteiger partial charge is 0.302 e. The van der Waals surface area contributed by atoms with Gasteiger partial charge in [-0.2, -0.15) is 0 Å². The number of hydrogen-bond donors (Lipinski definition) is 3. The van der Waals surface area contributed by atoms with E-state index in [2.05, 4.69) is 6.58 Å². The Morgan fingerprint density at radius 2 is 2.07 bits per heavy atom. The first-order valence-corrected chi connectivity index (χ1v) is 10.6. The maximum absolute atomic E-state index is 13.4. The van der Waals surface area contributed by atoms with Crippen molar-refractivity contribution in [2.75, 3.05) is 13.2 Å². The molecule has 0 aromatic rings. The van der Waals surface area contributed by atoms with Crippen molar-refractivity contribution in [2.45, 2.75) is 63.9 Å². The average molecular weight is 406 g/mol. The van der Waals surface area contributed by atoms with Crippen molar-refractivity contribution in [3.8, 4) is 0 Å². The van der Waals surface area contributed by atoms with Gasteiger partial charge in [-0.25, -0.2) is 0 Å². The average Bonchev–Trinajstić information content (AvgIpc) is 2.89. The van der Waals surface area contributed by atoms with Gasteiger partial charge in [0.2, 0.25) is 5.79 Å². The molecule has 0 aromatic heterocycles. The number of esters is 1. The highest BCUT2D eigenvalue weighted by Crippen LogP contribution is 2.76. The molecule has 2 aliphatic heterocycles. The number of fused-ring (bicyclic) bond motifs is 2. The fourth-order valence-corrected chi connectivity index (χ4v) is 8.13. The van der Waals surface area contributed by atoms with Gasteiger partial charge in [0.05, 0.1) is 24.7 Å². The highest BCUT2D eigenvalue weighted by molar-refractivity contribution is 6.04. The van der Waals surface area contributed by atoms with Crippen LogP contribution >= 0.6 is 0 Å². The predicted octanol–water partition coefficient (Wildman–Crippen LogP) is 0.948. The molecular weight excluding hydrogens is 376 g/mol. The summed E-state index contributed by atoms with van der Waals surface area (Å²) >= 11 is 0. The quantitative estimate of drug-likeness (QED) is 0.462. The first-order chi connectivity index (χ1) is 13.5. The Bertz CT molecular complexity index is 809. The van der Waals surface area contributed by atoms with Crippen LogP contribution in [0.5, 0.6) is 0 Å².